The molecular weight excluding hydrogens is 268 g/mol. The van der Waals surface area contributed by atoms with E-state index in [0.717, 1.165) is 13.1 Å². The average Bonchev–Trinajstić information content (AvgIpc) is 3.22. The van der Waals surface area contributed by atoms with E-state index in [1.165, 1.54) is 11.1 Å². The molecular formula is C20H20N2. The van der Waals surface area contributed by atoms with E-state index in [1.807, 2.05) is 12.4 Å². The lowest BCUT2D eigenvalue weighted by Gasteiger charge is -2.01. The molecule has 1 aromatic rings. The van der Waals surface area contributed by atoms with Crippen molar-refractivity contribution in [2.24, 2.45) is 21.8 Å². The van der Waals surface area contributed by atoms with Crippen molar-refractivity contribution in [2.75, 3.05) is 0 Å². The Balaban J connectivity index is 1.47. The predicted octanol–water partition coefficient (Wildman–Crippen LogP) is 4.31. The topological polar surface area (TPSA) is 24.7 Å². The van der Waals surface area contributed by atoms with Crippen molar-refractivity contribution in [3.63, 3.8) is 0 Å². The lowest BCUT2D eigenvalue weighted by atomic mass is 10.1. The molecule has 2 heteroatoms. The van der Waals surface area contributed by atoms with E-state index in [9.17, 15) is 0 Å². The van der Waals surface area contributed by atoms with Crippen molar-refractivity contribution in [1.82, 2.24) is 0 Å². The van der Waals surface area contributed by atoms with Gasteiger partial charge in [-0.05, 0) is 11.1 Å². The molecule has 0 saturated carbocycles. The highest BCUT2D eigenvalue weighted by Gasteiger charge is 1.99. The first-order valence-electron chi connectivity index (χ1n) is 7.68. The van der Waals surface area contributed by atoms with Crippen LogP contribution in [-0.2, 0) is 13.1 Å². The molecule has 2 aliphatic carbocycles. The first kappa shape index (κ1) is 14.5. The van der Waals surface area contributed by atoms with Crippen molar-refractivity contribution in [3.05, 3.63) is 84.0 Å². The molecule has 0 amide bonds. The molecule has 0 N–H and O–H groups in total. The van der Waals surface area contributed by atoms with Gasteiger partial charge >= 0.3 is 0 Å². The van der Waals surface area contributed by atoms with Gasteiger partial charge in [0.05, 0.1) is 13.1 Å². The largest absolute Gasteiger partial charge is 0.292 e. The van der Waals surface area contributed by atoms with Crippen molar-refractivity contribution in [3.8, 4) is 0 Å². The fraction of sp³-hybridized carbons (Fsp3) is 0.200. The smallest absolute Gasteiger partial charge is 0.0636 e. The summed E-state index contributed by atoms with van der Waals surface area (Å²) >= 11 is 0. The standard InChI is InChI=1S/C20H20N2/c1-2-6-17(5-1)13-21-15-19-9-11-20(12-10-19)16-22-14-18-7-3-4-8-18/h1-14,17-18H,15-16H2. The fourth-order valence-corrected chi connectivity index (χ4v) is 2.41. The zero-order valence-corrected chi connectivity index (χ0v) is 12.5. The Bertz CT molecular complexity index is 574. The molecule has 0 spiro atoms. The Kier molecular flexibility index (Phi) is 4.93. The molecule has 0 fully saturated rings. The summed E-state index contributed by atoms with van der Waals surface area (Å²) in [6.45, 7) is 1.47. The molecule has 2 aliphatic rings. The Hall–Kier alpha value is -2.48. The van der Waals surface area contributed by atoms with Crippen molar-refractivity contribution in [1.29, 1.82) is 0 Å². The number of hydrogen-bond acceptors (Lipinski definition) is 2. The molecule has 0 unspecified atom stereocenters. The third kappa shape index (κ3) is 4.26. The van der Waals surface area contributed by atoms with Crippen LogP contribution in [0.3, 0.4) is 0 Å². The van der Waals surface area contributed by atoms with Crippen molar-refractivity contribution in [2.45, 2.75) is 13.1 Å². The van der Waals surface area contributed by atoms with Crippen LogP contribution >= 0.6 is 0 Å². The number of rotatable bonds is 6. The Morgan fingerprint density at radius 3 is 1.36 bits per heavy atom. The van der Waals surface area contributed by atoms with Crippen molar-refractivity contribution < 1.29 is 0 Å². The minimum Gasteiger partial charge on any atom is -0.292 e. The SMILES string of the molecule is C1=CC(C=NCc2ccc(CN=CC3C=CC=C3)cc2)C=C1. The molecule has 22 heavy (non-hydrogen) atoms. The van der Waals surface area contributed by atoms with Gasteiger partial charge in [0.2, 0.25) is 0 Å². The maximum absolute atomic E-state index is 4.50. The summed E-state index contributed by atoms with van der Waals surface area (Å²) in [6, 6.07) is 8.55. The monoisotopic (exact) mass is 288 g/mol. The molecule has 1 aromatic carbocycles. The summed E-state index contributed by atoms with van der Waals surface area (Å²) < 4.78 is 0. The second kappa shape index (κ2) is 7.51. The molecule has 0 bridgehead atoms. The first-order chi connectivity index (χ1) is 10.9. The van der Waals surface area contributed by atoms with Gasteiger partial charge in [-0.3, -0.25) is 9.98 Å². The van der Waals surface area contributed by atoms with Crippen LogP contribution in [0.1, 0.15) is 11.1 Å². The van der Waals surface area contributed by atoms with Gasteiger partial charge in [-0.1, -0.05) is 72.9 Å². The molecule has 0 saturated heterocycles. The third-order valence-electron chi connectivity index (χ3n) is 3.68. The van der Waals surface area contributed by atoms with Gasteiger partial charge in [-0.2, -0.15) is 0 Å². The number of hydrogen-bond donors (Lipinski definition) is 0. The van der Waals surface area contributed by atoms with Gasteiger partial charge in [0.25, 0.3) is 0 Å². The van der Waals surface area contributed by atoms with Crippen molar-refractivity contribution >= 4 is 12.4 Å². The number of benzene rings is 1. The molecule has 3 rings (SSSR count). The van der Waals surface area contributed by atoms with E-state index in [4.69, 9.17) is 0 Å². The van der Waals surface area contributed by atoms with Crippen LogP contribution in [0.25, 0.3) is 0 Å². The van der Waals surface area contributed by atoms with Gasteiger partial charge in [0, 0.05) is 24.3 Å². The second-order valence-electron chi connectivity index (χ2n) is 5.49. The lowest BCUT2D eigenvalue weighted by Crippen LogP contribution is -1.92. The summed E-state index contributed by atoms with van der Waals surface area (Å²) in [4.78, 5) is 8.99. The fourth-order valence-electron chi connectivity index (χ4n) is 2.41. The van der Waals surface area contributed by atoms with Crippen LogP contribution in [0.15, 0.2) is 82.9 Å². The van der Waals surface area contributed by atoms with Crippen LogP contribution in [0, 0.1) is 11.8 Å². The first-order valence-corrected chi connectivity index (χ1v) is 7.68. The van der Waals surface area contributed by atoms with Crippen LogP contribution < -0.4 is 0 Å². The van der Waals surface area contributed by atoms with E-state index < -0.39 is 0 Å². The Labute approximate surface area is 132 Å². The van der Waals surface area contributed by atoms with Crippen LogP contribution in [0.4, 0.5) is 0 Å². The van der Waals surface area contributed by atoms with Gasteiger partial charge in [-0.15, -0.1) is 0 Å². The maximum Gasteiger partial charge on any atom is 0.0636 e. The summed E-state index contributed by atoms with van der Waals surface area (Å²) in [7, 11) is 0. The summed E-state index contributed by atoms with van der Waals surface area (Å²) in [5, 5.41) is 0. The van der Waals surface area contributed by atoms with E-state index >= 15 is 0 Å². The van der Waals surface area contributed by atoms with Gasteiger partial charge < -0.3 is 0 Å². The predicted molar refractivity (Wildman–Crippen MR) is 94.4 cm³/mol. The van der Waals surface area contributed by atoms with Gasteiger partial charge in [0.15, 0.2) is 0 Å². The Morgan fingerprint density at radius 1 is 0.636 bits per heavy atom. The van der Waals surface area contributed by atoms with Gasteiger partial charge in [0.1, 0.15) is 0 Å². The normalized spacial score (nSPS) is 17.8. The molecule has 110 valence electrons. The highest BCUT2D eigenvalue weighted by molar-refractivity contribution is 5.68. The van der Waals surface area contributed by atoms with E-state index in [0.29, 0.717) is 11.8 Å². The Morgan fingerprint density at radius 2 is 1.00 bits per heavy atom. The van der Waals surface area contributed by atoms with E-state index in [2.05, 4.69) is 82.9 Å². The van der Waals surface area contributed by atoms with E-state index in [1.54, 1.807) is 0 Å². The molecule has 0 aliphatic heterocycles. The highest BCUT2D eigenvalue weighted by atomic mass is 14.7. The number of nitrogens with zero attached hydrogens (tertiary/aromatic N) is 2. The molecule has 0 aromatic heterocycles. The molecule has 2 nitrogen and oxygen atoms in total. The highest BCUT2D eigenvalue weighted by Crippen LogP contribution is 2.10. The zero-order chi connectivity index (χ0) is 15.0. The minimum atomic E-state index is 0.368. The molecule has 0 radical (unpaired) electrons. The summed E-state index contributed by atoms with van der Waals surface area (Å²) in [5.41, 5.74) is 2.47. The van der Waals surface area contributed by atoms with Crippen LogP contribution in [-0.4, -0.2) is 12.4 Å². The second-order valence-corrected chi connectivity index (χ2v) is 5.49. The minimum absolute atomic E-state index is 0.368. The lowest BCUT2D eigenvalue weighted by molar-refractivity contribution is 1.02. The van der Waals surface area contributed by atoms with Gasteiger partial charge in [-0.25, -0.2) is 0 Å². The third-order valence-corrected chi connectivity index (χ3v) is 3.68. The maximum atomic E-state index is 4.50. The average molecular weight is 288 g/mol. The molecule has 0 atom stereocenters. The molecule has 0 heterocycles. The van der Waals surface area contributed by atoms with Crippen LogP contribution in [0.2, 0.25) is 0 Å². The van der Waals surface area contributed by atoms with E-state index in [-0.39, 0.29) is 0 Å². The quantitative estimate of drug-likeness (QED) is 0.697. The number of aliphatic imine (C=N–C) groups is 2. The summed E-state index contributed by atoms with van der Waals surface area (Å²) in [6.07, 6.45) is 20.8. The zero-order valence-electron chi connectivity index (χ0n) is 12.5. The summed E-state index contributed by atoms with van der Waals surface area (Å²) in [5.74, 6) is 0.736. The van der Waals surface area contributed by atoms with Crippen LogP contribution in [0.5, 0.6) is 0 Å². The number of allylic oxidation sites excluding steroid dienone is 8.